The number of rotatable bonds is 3. The summed E-state index contributed by atoms with van der Waals surface area (Å²) in [5.74, 6) is -0.598. The number of benzene rings is 2. The highest BCUT2D eigenvalue weighted by Crippen LogP contribution is 2.32. The second-order valence-corrected chi connectivity index (χ2v) is 6.85. The largest absolute Gasteiger partial charge is 0.464 e. The number of para-hydroxylation sites is 1. The summed E-state index contributed by atoms with van der Waals surface area (Å²) >= 11 is 1.59. The van der Waals surface area contributed by atoms with Gasteiger partial charge in [-0.3, -0.25) is 0 Å². The third-order valence-electron chi connectivity index (χ3n) is 4.21. The number of nitrogens with two attached hydrogens (primary N) is 1. The van der Waals surface area contributed by atoms with Gasteiger partial charge in [-0.25, -0.2) is 9.78 Å². The standard InChI is InChI=1S/C20H14N4O2S/c1-26-20(25)18-17(22)13(10-21)11-24(18)14-6-4-5-12(9-14)19-23-15-7-2-3-8-16(15)27-19/h2-9,11H,22H2,1H3. The summed E-state index contributed by atoms with van der Waals surface area (Å²) in [5, 5.41) is 10.1. The Hall–Kier alpha value is -3.63. The average molecular weight is 374 g/mol. The molecular formula is C20H14N4O2S. The molecule has 4 aromatic rings. The van der Waals surface area contributed by atoms with Gasteiger partial charge < -0.3 is 15.0 Å². The first-order chi connectivity index (χ1) is 13.1. The Morgan fingerprint density at radius 3 is 2.81 bits per heavy atom. The highest BCUT2D eigenvalue weighted by atomic mass is 32.1. The zero-order chi connectivity index (χ0) is 19.0. The van der Waals surface area contributed by atoms with E-state index in [0.29, 0.717) is 5.69 Å². The fourth-order valence-electron chi connectivity index (χ4n) is 2.90. The topological polar surface area (TPSA) is 93.9 Å². The van der Waals surface area contributed by atoms with Crippen LogP contribution in [0.2, 0.25) is 0 Å². The highest BCUT2D eigenvalue weighted by molar-refractivity contribution is 7.21. The summed E-state index contributed by atoms with van der Waals surface area (Å²) in [6.07, 6.45) is 1.54. The van der Waals surface area contributed by atoms with Crippen molar-refractivity contribution in [1.82, 2.24) is 9.55 Å². The molecule has 0 aliphatic carbocycles. The number of carbonyl (C=O) groups excluding carboxylic acids is 1. The second kappa shape index (κ2) is 6.59. The summed E-state index contributed by atoms with van der Waals surface area (Å²) in [6.45, 7) is 0. The molecule has 0 saturated heterocycles. The van der Waals surface area contributed by atoms with E-state index in [1.54, 1.807) is 22.1 Å². The molecule has 4 rings (SSSR count). The van der Waals surface area contributed by atoms with Gasteiger partial charge in [0.25, 0.3) is 0 Å². The molecule has 0 aliphatic heterocycles. The minimum absolute atomic E-state index is 0.106. The number of anilines is 1. The maximum atomic E-state index is 12.2. The van der Waals surface area contributed by atoms with Gasteiger partial charge in [0.15, 0.2) is 5.69 Å². The van der Waals surface area contributed by atoms with Crippen LogP contribution >= 0.6 is 11.3 Å². The van der Waals surface area contributed by atoms with E-state index in [9.17, 15) is 10.1 Å². The number of carbonyl (C=O) groups is 1. The third-order valence-corrected chi connectivity index (χ3v) is 5.29. The maximum Gasteiger partial charge on any atom is 0.357 e. The molecule has 0 atom stereocenters. The number of hydrogen-bond acceptors (Lipinski definition) is 6. The van der Waals surface area contributed by atoms with E-state index in [1.165, 1.54) is 7.11 Å². The Labute approximate surface area is 159 Å². The molecular weight excluding hydrogens is 360 g/mol. The number of methoxy groups -OCH3 is 1. The predicted octanol–water partition coefficient (Wildman–Crippen LogP) is 3.99. The number of hydrogen-bond donors (Lipinski definition) is 1. The van der Waals surface area contributed by atoms with Gasteiger partial charge in [-0.15, -0.1) is 11.3 Å². The smallest absolute Gasteiger partial charge is 0.357 e. The summed E-state index contributed by atoms with van der Waals surface area (Å²) in [7, 11) is 1.28. The van der Waals surface area contributed by atoms with Crippen LogP contribution in [0.1, 0.15) is 16.1 Å². The zero-order valence-corrected chi connectivity index (χ0v) is 15.2. The minimum atomic E-state index is -0.598. The first-order valence-corrected chi connectivity index (χ1v) is 8.89. The van der Waals surface area contributed by atoms with Gasteiger partial charge in [0.05, 0.1) is 28.6 Å². The number of nitrogen functional groups attached to an aromatic ring is 1. The lowest BCUT2D eigenvalue weighted by atomic mass is 10.2. The van der Waals surface area contributed by atoms with Crippen molar-refractivity contribution in [2.24, 2.45) is 0 Å². The molecule has 0 radical (unpaired) electrons. The molecule has 2 heterocycles. The number of nitrogens with zero attached hydrogens (tertiary/aromatic N) is 3. The first-order valence-electron chi connectivity index (χ1n) is 8.08. The normalized spacial score (nSPS) is 10.7. The Morgan fingerprint density at radius 2 is 2.07 bits per heavy atom. The van der Waals surface area contributed by atoms with Gasteiger partial charge in [-0.05, 0) is 24.3 Å². The summed E-state index contributed by atoms with van der Waals surface area (Å²) < 4.78 is 7.51. The average Bonchev–Trinajstić information content (AvgIpc) is 3.28. The van der Waals surface area contributed by atoms with Crippen LogP contribution in [0, 0.1) is 11.3 Å². The third kappa shape index (κ3) is 2.82. The summed E-state index contributed by atoms with van der Waals surface area (Å²) in [4.78, 5) is 16.9. The van der Waals surface area contributed by atoms with Gasteiger partial charge in [0.2, 0.25) is 0 Å². The van der Waals surface area contributed by atoms with Crippen LogP contribution in [0.4, 0.5) is 5.69 Å². The van der Waals surface area contributed by atoms with E-state index in [4.69, 9.17) is 10.5 Å². The van der Waals surface area contributed by atoms with Crippen LogP contribution in [0.3, 0.4) is 0 Å². The Morgan fingerprint density at radius 1 is 1.26 bits per heavy atom. The minimum Gasteiger partial charge on any atom is -0.464 e. The second-order valence-electron chi connectivity index (χ2n) is 5.82. The van der Waals surface area contributed by atoms with Crippen LogP contribution < -0.4 is 5.73 Å². The number of esters is 1. The molecule has 27 heavy (non-hydrogen) atoms. The number of ether oxygens (including phenoxy) is 1. The molecule has 0 bridgehead atoms. The molecule has 132 valence electrons. The molecule has 2 N–H and O–H groups in total. The fraction of sp³-hybridized carbons (Fsp3) is 0.0500. The summed E-state index contributed by atoms with van der Waals surface area (Å²) in [6, 6.07) is 17.5. The number of aromatic nitrogens is 2. The van der Waals surface area contributed by atoms with E-state index in [0.717, 1.165) is 20.8 Å². The van der Waals surface area contributed by atoms with Crippen LogP contribution in [-0.2, 0) is 4.74 Å². The van der Waals surface area contributed by atoms with Crippen molar-refractivity contribution in [2.75, 3.05) is 12.8 Å². The molecule has 2 aromatic carbocycles. The first kappa shape index (κ1) is 16.8. The van der Waals surface area contributed by atoms with Crippen molar-refractivity contribution in [3.05, 3.63) is 66.0 Å². The molecule has 0 aliphatic rings. The summed E-state index contributed by atoms with van der Waals surface area (Å²) in [5.41, 5.74) is 8.99. The Kier molecular flexibility index (Phi) is 4.11. The molecule has 6 nitrogen and oxygen atoms in total. The molecule has 0 saturated carbocycles. The van der Waals surface area contributed by atoms with Crippen molar-refractivity contribution in [3.63, 3.8) is 0 Å². The highest BCUT2D eigenvalue weighted by Gasteiger charge is 2.22. The lowest BCUT2D eigenvalue weighted by molar-refractivity contribution is 0.0593. The lowest BCUT2D eigenvalue weighted by Gasteiger charge is -2.09. The Bertz CT molecular complexity index is 1180. The molecule has 2 aromatic heterocycles. The number of thiazole rings is 1. The van der Waals surface area contributed by atoms with Crippen molar-refractivity contribution in [1.29, 1.82) is 5.26 Å². The zero-order valence-electron chi connectivity index (χ0n) is 14.3. The van der Waals surface area contributed by atoms with Crippen LogP contribution in [0.5, 0.6) is 0 Å². The van der Waals surface area contributed by atoms with Crippen LogP contribution in [0.15, 0.2) is 54.7 Å². The van der Waals surface area contributed by atoms with Crippen molar-refractivity contribution < 1.29 is 9.53 Å². The van der Waals surface area contributed by atoms with Gasteiger partial charge in [-0.1, -0.05) is 24.3 Å². The van der Waals surface area contributed by atoms with Gasteiger partial charge >= 0.3 is 5.97 Å². The molecule has 0 amide bonds. The molecule has 0 spiro atoms. The van der Waals surface area contributed by atoms with E-state index in [1.807, 2.05) is 54.6 Å². The van der Waals surface area contributed by atoms with E-state index in [2.05, 4.69) is 4.98 Å². The van der Waals surface area contributed by atoms with E-state index in [-0.39, 0.29) is 16.9 Å². The van der Waals surface area contributed by atoms with Crippen molar-refractivity contribution in [3.8, 4) is 22.3 Å². The number of nitriles is 1. The number of fused-ring (bicyclic) bond motifs is 1. The van der Waals surface area contributed by atoms with Gasteiger partial charge in [0, 0.05) is 17.4 Å². The van der Waals surface area contributed by atoms with Crippen LogP contribution in [0.25, 0.3) is 26.5 Å². The monoisotopic (exact) mass is 374 g/mol. The maximum absolute atomic E-state index is 12.2. The lowest BCUT2D eigenvalue weighted by Crippen LogP contribution is -2.11. The predicted molar refractivity (Wildman–Crippen MR) is 105 cm³/mol. The van der Waals surface area contributed by atoms with Gasteiger partial charge in [0.1, 0.15) is 11.1 Å². The molecule has 7 heteroatoms. The van der Waals surface area contributed by atoms with E-state index < -0.39 is 5.97 Å². The molecule has 0 fully saturated rings. The fourth-order valence-corrected chi connectivity index (χ4v) is 3.86. The van der Waals surface area contributed by atoms with Gasteiger partial charge in [-0.2, -0.15) is 5.26 Å². The van der Waals surface area contributed by atoms with Crippen molar-refractivity contribution >= 4 is 33.2 Å². The Balaban J connectivity index is 1.86. The van der Waals surface area contributed by atoms with E-state index >= 15 is 0 Å². The quantitative estimate of drug-likeness (QED) is 0.547. The SMILES string of the molecule is COC(=O)c1c(N)c(C#N)cn1-c1cccc(-c2nc3ccccc3s2)c1. The van der Waals surface area contributed by atoms with Crippen molar-refractivity contribution in [2.45, 2.75) is 0 Å². The molecule has 0 unspecified atom stereocenters. The van der Waals surface area contributed by atoms with Crippen LogP contribution in [-0.4, -0.2) is 22.6 Å².